The highest BCUT2D eigenvalue weighted by molar-refractivity contribution is 5.95. The molecular weight excluding hydrogens is 472 g/mol. The molecule has 0 unspecified atom stereocenters. The van der Waals surface area contributed by atoms with Gasteiger partial charge in [-0.15, -0.1) is 0 Å². The molecular formula is C32H28N4O2. The molecule has 6 rings (SSSR count). The van der Waals surface area contributed by atoms with E-state index in [1.54, 1.807) is 6.33 Å². The summed E-state index contributed by atoms with van der Waals surface area (Å²) in [5, 5.41) is 4.22. The zero-order chi connectivity index (χ0) is 26.1. The average Bonchev–Trinajstić information content (AvgIpc) is 3.49. The van der Waals surface area contributed by atoms with Gasteiger partial charge in [-0.1, -0.05) is 36.6 Å². The molecule has 1 saturated heterocycles. The average molecular weight is 501 g/mol. The maximum absolute atomic E-state index is 12.4. The van der Waals surface area contributed by atoms with E-state index >= 15 is 0 Å². The summed E-state index contributed by atoms with van der Waals surface area (Å²) < 4.78 is 5.90. The number of carbonyl (C=O) groups excluding carboxylic acids is 1. The maximum atomic E-state index is 12.4. The Morgan fingerprint density at radius 3 is 2.68 bits per heavy atom. The van der Waals surface area contributed by atoms with Gasteiger partial charge in [0.05, 0.1) is 5.52 Å². The van der Waals surface area contributed by atoms with Crippen molar-refractivity contribution >= 4 is 28.2 Å². The number of allylic oxidation sites excluding steroid dienone is 1. The van der Waals surface area contributed by atoms with Crippen molar-refractivity contribution in [3.63, 3.8) is 0 Å². The standard InChI is InChI=1S/C32H28N4O2/c1-3-26(37)15-23-16-29-30(17-22(23)13-14-32-18-24(32)19-36(2)20-32)33-21-34-31(29)35-25-9-11-28(12-10-25)38-27-7-5-4-6-8-27/h3-12,16-17,21,24H,1,15,18-20H2,2H3,(H,33,34,35)/t24-,32+/m1/s1. The molecule has 2 fully saturated rings. The highest BCUT2D eigenvalue weighted by Gasteiger charge is 2.58. The number of likely N-dealkylation sites (tertiary alicyclic amines) is 1. The monoisotopic (exact) mass is 500 g/mol. The van der Waals surface area contributed by atoms with Crippen LogP contribution in [0.5, 0.6) is 11.5 Å². The largest absolute Gasteiger partial charge is 0.457 e. The molecule has 1 N–H and O–H groups in total. The van der Waals surface area contributed by atoms with E-state index in [1.807, 2.05) is 66.7 Å². The molecule has 6 nitrogen and oxygen atoms in total. The molecule has 0 amide bonds. The van der Waals surface area contributed by atoms with Crippen molar-refractivity contribution in [1.29, 1.82) is 0 Å². The lowest BCUT2D eigenvalue weighted by atomic mass is 9.98. The van der Waals surface area contributed by atoms with Gasteiger partial charge in [-0.05, 0) is 79.6 Å². The van der Waals surface area contributed by atoms with Gasteiger partial charge in [0.2, 0.25) is 0 Å². The van der Waals surface area contributed by atoms with E-state index < -0.39 is 0 Å². The molecule has 1 saturated carbocycles. The topological polar surface area (TPSA) is 67.3 Å². The second kappa shape index (κ2) is 9.77. The number of rotatable bonds is 7. The number of anilines is 2. The Hall–Kier alpha value is -4.47. The number of hydrogen-bond donors (Lipinski definition) is 1. The molecule has 2 heterocycles. The Labute approximate surface area is 222 Å². The Kier molecular flexibility index (Phi) is 6.15. The van der Waals surface area contributed by atoms with Gasteiger partial charge < -0.3 is 15.0 Å². The second-order valence-electron chi connectivity index (χ2n) is 10.2. The van der Waals surface area contributed by atoms with Crippen LogP contribution < -0.4 is 10.1 Å². The number of benzene rings is 3. The molecule has 3 aromatic carbocycles. The van der Waals surface area contributed by atoms with Crippen LogP contribution in [0.3, 0.4) is 0 Å². The highest BCUT2D eigenvalue weighted by Crippen LogP contribution is 2.56. The van der Waals surface area contributed by atoms with Crippen molar-refractivity contribution in [2.75, 3.05) is 25.5 Å². The Morgan fingerprint density at radius 1 is 1.16 bits per heavy atom. The van der Waals surface area contributed by atoms with Crippen LogP contribution in [0.25, 0.3) is 10.9 Å². The number of ether oxygens (including phenoxy) is 1. The fourth-order valence-corrected chi connectivity index (χ4v) is 5.26. The first-order chi connectivity index (χ1) is 18.5. The van der Waals surface area contributed by atoms with Crippen molar-refractivity contribution in [3.05, 3.63) is 96.8 Å². The fraction of sp³-hybridized carbons (Fsp3) is 0.219. The molecule has 0 bridgehead atoms. The van der Waals surface area contributed by atoms with E-state index in [1.165, 1.54) is 6.08 Å². The van der Waals surface area contributed by atoms with Gasteiger partial charge in [0.15, 0.2) is 5.78 Å². The smallest absolute Gasteiger partial charge is 0.159 e. The lowest BCUT2D eigenvalue weighted by Crippen LogP contribution is -2.19. The Balaban J connectivity index is 1.29. The van der Waals surface area contributed by atoms with Gasteiger partial charge in [0.25, 0.3) is 0 Å². The first-order valence-electron chi connectivity index (χ1n) is 12.8. The van der Waals surface area contributed by atoms with Crippen molar-refractivity contribution in [3.8, 4) is 23.3 Å². The van der Waals surface area contributed by atoms with Gasteiger partial charge in [-0.3, -0.25) is 4.79 Å². The summed E-state index contributed by atoms with van der Waals surface area (Å²) in [6.07, 6.45) is 4.30. The third kappa shape index (κ3) is 4.89. The molecule has 1 aromatic heterocycles. The summed E-state index contributed by atoms with van der Waals surface area (Å²) in [4.78, 5) is 23.7. The molecule has 1 aliphatic heterocycles. The van der Waals surface area contributed by atoms with Crippen LogP contribution in [0, 0.1) is 23.2 Å². The highest BCUT2D eigenvalue weighted by atomic mass is 16.5. The number of carbonyl (C=O) groups is 1. The van der Waals surface area contributed by atoms with Gasteiger partial charge >= 0.3 is 0 Å². The van der Waals surface area contributed by atoms with Crippen LogP contribution in [-0.4, -0.2) is 40.8 Å². The number of hydrogen-bond acceptors (Lipinski definition) is 6. The quantitative estimate of drug-likeness (QED) is 0.257. The summed E-state index contributed by atoms with van der Waals surface area (Å²) in [7, 11) is 2.15. The van der Waals surface area contributed by atoms with Crippen LogP contribution in [0.1, 0.15) is 17.5 Å². The zero-order valence-electron chi connectivity index (χ0n) is 21.3. The number of fused-ring (bicyclic) bond motifs is 2. The number of ketones is 1. The summed E-state index contributed by atoms with van der Waals surface area (Å²) >= 11 is 0. The summed E-state index contributed by atoms with van der Waals surface area (Å²) in [6, 6.07) is 21.3. The predicted octanol–water partition coefficient (Wildman–Crippen LogP) is 5.77. The summed E-state index contributed by atoms with van der Waals surface area (Å²) in [6.45, 7) is 5.76. The zero-order valence-corrected chi connectivity index (χ0v) is 21.3. The van der Waals surface area contributed by atoms with Gasteiger partial charge in [-0.25, -0.2) is 9.97 Å². The minimum Gasteiger partial charge on any atom is -0.457 e. The number of nitrogens with zero attached hydrogens (tertiary/aromatic N) is 3. The fourth-order valence-electron chi connectivity index (χ4n) is 5.26. The molecule has 4 aromatic rings. The van der Waals surface area contributed by atoms with Crippen molar-refractivity contribution in [2.24, 2.45) is 11.3 Å². The van der Waals surface area contributed by atoms with Gasteiger partial charge in [0, 0.05) is 41.6 Å². The lowest BCUT2D eigenvalue weighted by Gasteiger charge is -2.12. The third-order valence-electron chi connectivity index (χ3n) is 7.31. The van der Waals surface area contributed by atoms with E-state index in [0.29, 0.717) is 11.7 Å². The Bertz CT molecular complexity index is 1590. The normalized spacial score (nSPS) is 19.8. The van der Waals surface area contributed by atoms with E-state index in [9.17, 15) is 4.79 Å². The lowest BCUT2D eigenvalue weighted by molar-refractivity contribution is -0.114. The van der Waals surface area contributed by atoms with E-state index in [-0.39, 0.29) is 17.6 Å². The SMILES string of the molecule is C=CC(=O)Cc1cc2c(Nc3ccc(Oc4ccccc4)cc3)ncnc2cc1C#C[C@@]12C[C@@H]1CN(C)C2. The minimum atomic E-state index is -0.0455. The molecule has 0 radical (unpaired) electrons. The Morgan fingerprint density at radius 2 is 1.95 bits per heavy atom. The molecule has 2 atom stereocenters. The molecule has 2 aliphatic rings. The van der Waals surface area contributed by atoms with Gasteiger partial charge in [-0.2, -0.15) is 0 Å². The summed E-state index contributed by atoms with van der Waals surface area (Å²) in [5.74, 6) is 9.77. The molecule has 188 valence electrons. The first kappa shape index (κ1) is 23.9. The molecule has 6 heteroatoms. The molecule has 38 heavy (non-hydrogen) atoms. The number of piperidine rings is 1. The minimum absolute atomic E-state index is 0.0455. The summed E-state index contributed by atoms with van der Waals surface area (Å²) in [5.41, 5.74) is 3.44. The van der Waals surface area contributed by atoms with E-state index in [2.05, 4.69) is 45.7 Å². The van der Waals surface area contributed by atoms with Crippen LogP contribution in [-0.2, 0) is 11.2 Å². The maximum Gasteiger partial charge on any atom is 0.159 e. The predicted molar refractivity (Wildman–Crippen MR) is 150 cm³/mol. The van der Waals surface area contributed by atoms with Crippen LogP contribution in [0.2, 0.25) is 0 Å². The number of aromatic nitrogens is 2. The van der Waals surface area contributed by atoms with Crippen molar-refractivity contribution < 1.29 is 9.53 Å². The van der Waals surface area contributed by atoms with Crippen LogP contribution in [0.15, 0.2) is 85.7 Å². The van der Waals surface area contributed by atoms with E-state index in [4.69, 9.17) is 4.74 Å². The van der Waals surface area contributed by atoms with Crippen LogP contribution >= 0.6 is 0 Å². The van der Waals surface area contributed by atoms with Gasteiger partial charge in [0.1, 0.15) is 23.6 Å². The molecule has 0 spiro atoms. The molecule has 1 aliphatic carbocycles. The van der Waals surface area contributed by atoms with Crippen molar-refractivity contribution in [2.45, 2.75) is 12.8 Å². The first-order valence-corrected chi connectivity index (χ1v) is 12.8. The van der Waals surface area contributed by atoms with Crippen molar-refractivity contribution in [1.82, 2.24) is 14.9 Å². The number of nitrogens with one attached hydrogen (secondary N) is 1. The third-order valence-corrected chi connectivity index (χ3v) is 7.31. The number of para-hydroxylation sites is 1. The van der Waals surface area contributed by atoms with E-state index in [0.717, 1.165) is 58.7 Å². The van der Waals surface area contributed by atoms with Crippen LogP contribution in [0.4, 0.5) is 11.5 Å². The second-order valence-corrected chi connectivity index (χ2v) is 10.2.